The number of halogens is 1. The summed E-state index contributed by atoms with van der Waals surface area (Å²) in [5.41, 5.74) is 8.99. The average Bonchev–Trinajstić information content (AvgIpc) is 3.33. The van der Waals surface area contributed by atoms with Crippen molar-refractivity contribution in [3.63, 3.8) is 0 Å². The molecule has 1 aliphatic heterocycles. The van der Waals surface area contributed by atoms with Gasteiger partial charge in [0.2, 0.25) is 0 Å². The lowest BCUT2D eigenvalue weighted by Gasteiger charge is -2.15. The molecule has 29 heavy (non-hydrogen) atoms. The molecule has 4 aromatic rings. The first-order valence-electron chi connectivity index (χ1n) is 9.86. The van der Waals surface area contributed by atoms with Gasteiger partial charge in [0.05, 0.1) is 17.6 Å². The van der Waals surface area contributed by atoms with E-state index in [1.165, 1.54) is 17.4 Å². The van der Waals surface area contributed by atoms with Gasteiger partial charge in [-0.3, -0.25) is 9.47 Å². The van der Waals surface area contributed by atoms with Gasteiger partial charge in [-0.2, -0.15) is 0 Å². The third kappa shape index (κ3) is 3.17. The number of likely N-dealkylation sites (tertiary alicyclic amines) is 1. The van der Waals surface area contributed by atoms with Gasteiger partial charge in [-0.25, -0.2) is 14.2 Å². The molecule has 0 spiro atoms. The molecule has 2 aromatic carbocycles. The molecule has 6 nitrogen and oxygen atoms in total. The van der Waals surface area contributed by atoms with E-state index in [1.807, 2.05) is 30.3 Å². The number of para-hydroxylation sites is 1. The number of aromatic nitrogens is 3. The summed E-state index contributed by atoms with van der Waals surface area (Å²) in [6.07, 6.45) is 2.41. The summed E-state index contributed by atoms with van der Waals surface area (Å²) in [7, 11) is 0. The largest absolute Gasteiger partial charge is 0.382 e. The van der Waals surface area contributed by atoms with E-state index in [9.17, 15) is 9.18 Å². The number of nitrogens with zero attached hydrogens (tertiary/aromatic N) is 3. The SMILES string of the molecule is Nc1nc2ccccc2c2c1[nH]c(=O)n2Cc1ccc(CN2CCCC2)cc1F. The molecular weight excluding hydrogens is 369 g/mol. The fourth-order valence-electron chi connectivity index (χ4n) is 4.23. The first-order valence-corrected chi connectivity index (χ1v) is 9.86. The lowest BCUT2D eigenvalue weighted by molar-refractivity contribution is 0.331. The summed E-state index contributed by atoms with van der Waals surface area (Å²) in [6, 6.07) is 12.8. The Morgan fingerprint density at radius 3 is 2.69 bits per heavy atom. The second-order valence-electron chi connectivity index (χ2n) is 7.66. The van der Waals surface area contributed by atoms with Crippen LogP contribution in [-0.2, 0) is 13.1 Å². The highest BCUT2D eigenvalue weighted by atomic mass is 19.1. The van der Waals surface area contributed by atoms with Gasteiger partial charge in [0, 0.05) is 17.5 Å². The number of nitrogens with one attached hydrogen (secondary N) is 1. The number of hydrogen-bond acceptors (Lipinski definition) is 4. The number of hydrogen-bond donors (Lipinski definition) is 2. The Kier molecular flexibility index (Phi) is 4.32. The van der Waals surface area contributed by atoms with Crippen LogP contribution in [0.3, 0.4) is 0 Å². The molecule has 0 radical (unpaired) electrons. The second kappa shape index (κ2) is 7.00. The lowest BCUT2D eigenvalue weighted by Crippen LogP contribution is -2.19. The van der Waals surface area contributed by atoms with Gasteiger partial charge < -0.3 is 10.7 Å². The van der Waals surface area contributed by atoms with Crippen LogP contribution in [0.25, 0.3) is 21.9 Å². The van der Waals surface area contributed by atoms with Gasteiger partial charge in [-0.15, -0.1) is 0 Å². The smallest absolute Gasteiger partial charge is 0.326 e. The van der Waals surface area contributed by atoms with Crippen LogP contribution in [0.5, 0.6) is 0 Å². The van der Waals surface area contributed by atoms with Crippen molar-refractivity contribution < 1.29 is 4.39 Å². The number of rotatable bonds is 4. The van der Waals surface area contributed by atoms with E-state index in [4.69, 9.17) is 5.73 Å². The molecule has 2 aromatic heterocycles. The summed E-state index contributed by atoms with van der Waals surface area (Å²) >= 11 is 0. The number of anilines is 1. The first-order chi connectivity index (χ1) is 14.1. The maximum atomic E-state index is 14.9. The molecule has 5 rings (SSSR count). The van der Waals surface area contributed by atoms with E-state index in [0.717, 1.165) is 30.6 Å². The summed E-state index contributed by atoms with van der Waals surface area (Å²) < 4.78 is 16.4. The highest BCUT2D eigenvalue weighted by Crippen LogP contribution is 2.26. The number of nitrogens with two attached hydrogens (primary N) is 1. The van der Waals surface area contributed by atoms with Crippen LogP contribution in [0.1, 0.15) is 24.0 Å². The molecular formula is C22H22FN5O. The van der Waals surface area contributed by atoms with E-state index < -0.39 is 0 Å². The van der Waals surface area contributed by atoms with Gasteiger partial charge in [0.1, 0.15) is 17.2 Å². The zero-order valence-corrected chi connectivity index (χ0v) is 16.0. The number of H-pyrrole nitrogens is 1. The van der Waals surface area contributed by atoms with Crippen LogP contribution in [-0.4, -0.2) is 32.5 Å². The maximum absolute atomic E-state index is 14.9. The average molecular weight is 391 g/mol. The number of pyridine rings is 1. The molecule has 1 aliphatic rings. The Morgan fingerprint density at radius 2 is 1.90 bits per heavy atom. The van der Waals surface area contributed by atoms with E-state index in [-0.39, 0.29) is 23.9 Å². The van der Waals surface area contributed by atoms with Crippen molar-refractivity contribution in [3.05, 3.63) is 69.9 Å². The van der Waals surface area contributed by atoms with E-state index in [2.05, 4.69) is 14.9 Å². The van der Waals surface area contributed by atoms with Crippen LogP contribution in [0, 0.1) is 5.82 Å². The van der Waals surface area contributed by atoms with Crippen molar-refractivity contribution in [2.45, 2.75) is 25.9 Å². The molecule has 0 amide bonds. The van der Waals surface area contributed by atoms with E-state index in [0.29, 0.717) is 22.1 Å². The summed E-state index contributed by atoms with van der Waals surface area (Å²) in [5.74, 6) is -0.0368. The number of aromatic amines is 1. The Morgan fingerprint density at radius 1 is 1.10 bits per heavy atom. The molecule has 0 unspecified atom stereocenters. The van der Waals surface area contributed by atoms with Crippen LogP contribution in [0.2, 0.25) is 0 Å². The molecule has 3 heterocycles. The van der Waals surface area contributed by atoms with Gasteiger partial charge in [-0.05, 0) is 43.6 Å². The predicted molar refractivity (Wildman–Crippen MR) is 112 cm³/mol. The molecule has 7 heteroatoms. The van der Waals surface area contributed by atoms with Crippen molar-refractivity contribution in [2.24, 2.45) is 0 Å². The topological polar surface area (TPSA) is 79.9 Å². The summed E-state index contributed by atoms with van der Waals surface area (Å²) in [4.78, 5) is 22.1. The number of imidazole rings is 1. The highest BCUT2D eigenvalue weighted by Gasteiger charge is 2.17. The molecule has 1 fully saturated rings. The zero-order valence-electron chi connectivity index (χ0n) is 16.0. The third-order valence-corrected chi connectivity index (χ3v) is 5.69. The molecule has 3 N–H and O–H groups in total. The maximum Gasteiger partial charge on any atom is 0.326 e. The van der Waals surface area contributed by atoms with Crippen molar-refractivity contribution in [1.29, 1.82) is 0 Å². The van der Waals surface area contributed by atoms with Crippen LogP contribution < -0.4 is 11.4 Å². The second-order valence-corrected chi connectivity index (χ2v) is 7.66. The minimum absolute atomic E-state index is 0.127. The Balaban J connectivity index is 1.55. The fraction of sp³-hybridized carbons (Fsp3) is 0.273. The fourth-order valence-corrected chi connectivity index (χ4v) is 4.23. The Bertz CT molecular complexity index is 1270. The first kappa shape index (κ1) is 17.9. The molecule has 0 saturated carbocycles. The Hall–Kier alpha value is -3.19. The van der Waals surface area contributed by atoms with Crippen molar-refractivity contribution >= 4 is 27.8 Å². The standard InChI is InChI=1S/C22H22FN5O/c23-17-11-14(12-27-9-3-4-10-27)7-8-15(17)13-28-20-16-5-1-2-6-18(16)25-21(24)19(20)26-22(28)29/h1-2,5-8,11H,3-4,9-10,12-13H2,(H2,24,25)(H,26,29). The van der Waals surface area contributed by atoms with Crippen molar-refractivity contribution in [2.75, 3.05) is 18.8 Å². The van der Waals surface area contributed by atoms with E-state index >= 15 is 0 Å². The minimum Gasteiger partial charge on any atom is -0.382 e. The van der Waals surface area contributed by atoms with Crippen molar-refractivity contribution in [1.82, 2.24) is 19.4 Å². The molecule has 148 valence electrons. The molecule has 0 aliphatic carbocycles. The quantitative estimate of drug-likeness (QED) is 0.560. The van der Waals surface area contributed by atoms with Gasteiger partial charge in [-0.1, -0.05) is 30.3 Å². The number of nitrogen functional groups attached to an aromatic ring is 1. The van der Waals surface area contributed by atoms with Crippen LogP contribution in [0.4, 0.5) is 10.2 Å². The predicted octanol–water partition coefficient (Wildman–Crippen LogP) is 3.24. The number of fused-ring (bicyclic) bond motifs is 3. The monoisotopic (exact) mass is 391 g/mol. The Labute approximate surface area is 166 Å². The summed E-state index contributed by atoms with van der Waals surface area (Å²) in [6.45, 7) is 3.02. The number of benzene rings is 2. The van der Waals surface area contributed by atoms with Crippen LogP contribution >= 0.6 is 0 Å². The van der Waals surface area contributed by atoms with Gasteiger partial charge in [0.25, 0.3) is 0 Å². The normalized spacial score (nSPS) is 14.9. The third-order valence-electron chi connectivity index (χ3n) is 5.69. The molecule has 1 saturated heterocycles. The molecule has 0 bridgehead atoms. The van der Waals surface area contributed by atoms with E-state index in [1.54, 1.807) is 12.1 Å². The van der Waals surface area contributed by atoms with Gasteiger partial charge >= 0.3 is 5.69 Å². The lowest BCUT2D eigenvalue weighted by atomic mass is 10.1. The zero-order chi connectivity index (χ0) is 20.0. The molecule has 0 atom stereocenters. The summed E-state index contributed by atoms with van der Waals surface area (Å²) in [5, 5.41) is 0.807. The minimum atomic E-state index is -0.328. The van der Waals surface area contributed by atoms with Gasteiger partial charge in [0.15, 0.2) is 0 Å². The highest BCUT2D eigenvalue weighted by molar-refractivity contribution is 6.06. The van der Waals surface area contributed by atoms with Crippen molar-refractivity contribution in [3.8, 4) is 0 Å². The van der Waals surface area contributed by atoms with Crippen LogP contribution in [0.15, 0.2) is 47.3 Å².